The highest BCUT2D eigenvalue weighted by molar-refractivity contribution is 6.06. The van der Waals surface area contributed by atoms with Gasteiger partial charge in [-0.25, -0.2) is 0 Å². The maximum absolute atomic E-state index is 14.2. The molecule has 3 amide bonds. The van der Waals surface area contributed by atoms with Gasteiger partial charge in [0.15, 0.2) is 17.3 Å². The number of benzene rings is 3. The van der Waals surface area contributed by atoms with Crippen molar-refractivity contribution >= 4 is 35.2 Å². The van der Waals surface area contributed by atoms with E-state index in [1.165, 1.54) is 35.0 Å². The number of aromatic nitrogens is 6. The molecule has 0 radical (unpaired) electrons. The fourth-order valence-electron chi connectivity index (χ4n) is 7.46. The normalized spacial score (nSPS) is 13.2. The zero-order valence-electron chi connectivity index (χ0n) is 34.9. The van der Waals surface area contributed by atoms with Crippen molar-refractivity contribution in [2.45, 2.75) is 64.7 Å². The average molecular weight is 845 g/mol. The van der Waals surface area contributed by atoms with Crippen molar-refractivity contribution in [1.29, 1.82) is 0 Å². The molecule has 1 unspecified atom stereocenters. The molecule has 18 nitrogen and oxygen atoms in total. The summed E-state index contributed by atoms with van der Waals surface area (Å²) < 4.78 is 20.0. The van der Waals surface area contributed by atoms with Crippen LogP contribution in [0.25, 0.3) is 0 Å². The summed E-state index contributed by atoms with van der Waals surface area (Å²) in [7, 11) is 4.68. The highest BCUT2D eigenvalue weighted by Crippen LogP contribution is 2.27. The molecule has 0 spiro atoms. The molecule has 3 heterocycles. The van der Waals surface area contributed by atoms with Gasteiger partial charge in [0.25, 0.3) is 17.7 Å². The molecular formula is C44H48N10O8. The standard InChI is InChI=1S/C44H48N10O8/c1-28(32-8-6-5-7-9-32)45-42(55)36-22-39(48-51(36)25-29-10-16-33(60-2)17-11-29)46-43(56)37-23-40(49-52(37)26-30-12-18-34(61-3)19-13-30)47-44(57)38-24-41(54(58)59)50-53(38)27-31-14-20-35(62-4)21-15-31/h10-24,28,32H,5-9,25-27H2,1-4H3,(H,45,55)(H,46,48,56)(H,47,49,57). The van der Waals surface area contributed by atoms with Gasteiger partial charge in [-0.15, -0.1) is 0 Å². The van der Waals surface area contributed by atoms with E-state index < -0.39 is 22.6 Å². The Kier molecular flexibility index (Phi) is 13.2. The van der Waals surface area contributed by atoms with Crippen LogP contribution >= 0.6 is 0 Å². The Bertz CT molecular complexity index is 2520. The Morgan fingerprint density at radius 2 is 1.02 bits per heavy atom. The summed E-state index contributed by atoms with van der Waals surface area (Å²) in [6.45, 7) is 2.42. The Hall–Kier alpha value is -7.50. The Labute approximate surface area is 357 Å². The lowest BCUT2D eigenvalue weighted by atomic mass is 9.84. The minimum absolute atomic E-state index is 0.00434. The number of anilines is 2. The summed E-state index contributed by atoms with van der Waals surface area (Å²) in [6.07, 6.45) is 5.56. The van der Waals surface area contributed by atoms with Gasteiger partial charge in [0.05, 0.1) is 52.1 Å². The van der Waals surface area contributed by atoms with Crippen molar-refractivity contribution in [1.82, 2.24) is 34.7 Å². The highest BCUT2D eigenvalue weighted by Gasteiger charge is 2.27. The molecule has 0 aliphatic heterocycles. The number of nitrogens with zero attached hydrogens (tertiary/aromatic N) is 7. The van der Waals surface area contributed by atoms with Crippen LogP contribution < -0.4 is 30.2 Å². The van der Waals surface area contributed by atoms with Crippen molar-refractivity contribution in [3.63, 3.8) is 0 Å². The first kappa shape index (κ1) is 42.6. The Morgan fingerprint density at radius 3 is 1.42 bits per heavy atom. The molecule has 7 rings (SSSR count). The minimum atomic E-state index is -0.740. The van der Waals surface area contributed by atoms with E-state index in [9.17, 15) is 24.5 Å². The van der Waals surface area contributed by atoms with Crippen LogP contribution in [-0.4, -0.2) is 79.4 Å². The van der Waals surface area contributed by atoms with Crippen molar-refractivity contribution < 1.29 is 33.5 Å². The first-order chi connectivity index (χ1) is 30.0. The van der Waals surface area contributed by atoms with Gasteiger partial charge < -0.3 is 40.3 Å². The first-order valence-corrected chi connectivity index (χ1v) is 20.2. The van der Waals surface area contributed by atoms with Gasteiger partial charge in [0, 0.05) is 18.2 Å². The number of amides is 3. The van der Waals surface area contributed by atoms with Gasteiger partial charge in [-0.05, 0) is 83.7 Å². The van der Waals surface area contributed by atoms with Crippen LogP contribution in [0.3, 0.4) is 0 Å². The average Bonchev–Trinajstić information content (AvgIpc) is 4.01. The topological polar surface area (TPSA) is 212 Å². The molecule has 1 saturated carbocycles. The lowest BCUT2D eigenvalue weighted by Crippen LogP contribution is -2.39. The van der Waals surface area contributed by atoms with Gasteiger partial charge in [-0.3, -0.25) is 23.7 Å². The largest absolute Gasteiger partial charge is 0.497 e. The van der Waals surface area contributed by atoms with Crippen LogP contribution in [0.1, 0.15) is 87.2 Å². The van der Waals surface area contributed by atoms with Crippen LogP contribution in [0, 0.1) is 16.0 Å². The van der Waals surface area contributed by atoms with Crippen LogP contribution in [-0.2, 0) is 19.6 Å². The van der Waals surface area contributed by atoms with Crippen molar-refractivity contribution in [2.75, 3.05) is 32.0 Å². The molecule has 0 bridgehead atoms. The molecular weight excluding hydrogens is 797 g/mol. The molecule has 0 saturated heterocycles. The zero-order valence-corrected chi connectivity index (χ0v) is 34.9. The predicted molar refractivity (Wildman–Crippen MR) is 229 cm³/mol. The molecule has 1 fully saturated rings. The number of nitrogens with one attached hydrogen (secondary N) is 3. The van der Waals surface area contributed by atoms with Crippen molar-refractivity contribution in [3.05, 3.63) is 135 Å². The van der Waals surface area contributed by atoms with Gasteiger partial charge in [-0.2, -0.15) is 14.9 Å². The molecule has 6 aromatic rings. The van der Waals surface area contributed by atoms with Gasteiger partial charge in [-0.1, -0.05) is 55.7 Å². The van der Waals surface area contributed by atoms with Crippen LogP contribution in [0.5, 0.6) is 17.2 Å². The van der Waals surface area contributed by atoms with E-state index in [1.54, 1.807) is 55.3 Å². The monoisotopic (exact) mass is 844 g/mol. The third-order valence-electron chi connectivity index (χ3n) is 10.9. The molecule has 1 aliphatic carbocycles. The lowest BCUT2D eigenvalue weighted by molar-refractivity contribution is -0.389. The first-order valence-electron chi connectivity index (χ1n) is 20.2. The number of carbonyl (C=O) groups is 3. The Balaban J connectivity index is 1.17. The van der Waals surface area contributed by atoms with Gasteiger partial charge in [0.2, 0.25) is 0 Å². The fourth-order valence-corrected chi connectivity index (χ4v) is 7.46. The maximum atomic E-state index is 14.2. The second-order valence-corrected chi connectivity index (χ2v) is 15.1. The maximum Gasteiger partial charge on any atom is 0.390 e. The number of hydrogen-bond donors (Lipinski definition) is 3. The quantitative estimate of drug-likeness (QED) is 0.0661. The van der Waals surface area contributed by atoms with E-state index in [4.69, 9.17) is 14.2 Å². The van der Waals surface area contributed by atoms with Crippen LogP contribution in [0.15, 0.2) is 91.0 Å². The third-order valence-corrected chi connectivity index (χ3v) is 10.9. The molecule has 18 heteroatoms. The van der Waals surface area contributed by atoms with E-state index in [0.29, 0.717) is 28.7 Å². The molecule has 1 atom stereocenters. The molecule has 3 aromatic carbocycles. The summed E-state index contributed by atoms with van der Waals surface area (Å²) in [5.41, 5.74) is 2.55. The lowest BCUT2D eigenvalue weighted by Gasteiger charge is -2.28. The second kappa shape index (κ2) is 19.3. The number of ether oxygens (including phenoxy) is 3. The van der Waals surface area contributed by atoms with Crippen LogP contribution in [0.4, 0.5) is 17.5 Å². The van der Waals surface area contributed by atoms with Gasteiger partial charge >= 0.3 is 5.82 Å². The number of rotatable bonds is 17. The summed E-state index contributed by atoms with van der Waals surface area (Å²) in [5.74, 6) is 0.237. The van der Waals surface area contributed by atoms with E-state index in [1.807, 2.05) is 43.3 Å². The molecule has 322 valence electrons. The SMILES string of the molecule is COc1ccc(Cn2nc(NC(=O)c3cc([N+](=O)[O-])nn3Cc3ccc(OC)cc3)cc2C(=O)Nc2cc(C(=O)NC(C)C3CCCCC3)n(Cc3ccc(OC)cc3)n2)cc1. The van der Waals surface area contributed by atoms with Crippen LogP contribution in [0.2, 0.25) is 0 Å². The fraction of sp³-hybridized carbons (Fsp3) is 0.318. The molecule has 3 N–H and O–H groups in total. The second-order valence-electron chi connectivity index (χ2n) is 15.1. The zero-order chi connectivity index (χ0) is 43.8. The third kappa shape index (κ3) is 10.3. The van der Waals surface area contributed by atoms with E-state index in [0.717, 1.165) is 42.9 Å². The highest BCUT2D eigenvalue weighted by atomic mass is 16.6. The van der Waals surface area contributed by atoms with Gasteiger partial charge in [0.1, 0.15) is 28.6 Å². The summed E-state index contributed by atoms with van der Waals surface area (Å²) in [6, 6.07) is 25.5. The summed E-state index contributed by atoms with van der Waals surface area (Å²) >= 11 is 0. The number of nitro groups is 1. The van der Waals surface area contributed by atoms with E-state index >= 15 is 0 Å². The summed E-state index contributed by atoms with van der Waals surface area (Å²) in [4.78, 5) is 53.0. The Morgan fingerprint density at radius 1 is 0.629 bits per heavy atom. The van der Waals surface area contributed by atoms with E-state index in [2.05, 4.69) is 31.2 Å². The van der Waals surface area contributed by atoms with E-state index in [-0.39, 0.29) is 60.3 Å². The molecule has 3 aromatic heterocycles. The number of methoxy groups -OCH3 is 3. The minimum Gasteiger partial charge on any atom is -0.497 e. The van der Waals surface area contributed by atoms with Crippen molar-refractivity contribution in [2.24, 2.45) is 5.92 Å². The molecule has 62 heavy (non-hydrogen) atoms. The number of carbonyl (C=O) groups excluding carboxylic acids is 3. The predicted octanol–water partition coefficient (Wildman–Crippen LogP) is 6.56. The molecule has 1 aliphatic rings. The number of hydrogen-bond acceptors (Lipinski definition) is 11. The van der Waals surface area contributed by atoms with Crippen molar-refractivity contribution in [3.8, 4) is 17.2 Å². The smallest absolute Gasteiger partial charge is 0.390 e. The summed E-state index contributed by atoms with van der Waals surface area (Å²) in [5, 5.41) is 33.7.